The van der Waals surface area contributed by atoms with E-state index in [0.29, 0.717) is 28.8 Å². The van der Waals surface area contributed by atoms with E-state index in [1.807, 2.05) is 60.7 Å². The molecule has 0 radical (unpaired) electrons. The summed E-state index contributed by atoms with van der Waals surface area (Å²) in [6, 6.07) is 24.1. The first-order chi connectivity index (χ1) is 19.6. The van der Waals surface area contributed by atoms with Crippen molar-refractivity contribution >= 4 is 35.1 Å². The first-order valence-electron chi connectivity index (χ1n) is 13.0. The fraction of sp³-hybridized carbons (Fsp3) is 0.219. The van der Waals surface area contributed by atoms with Crippen LogP contribution in [-0.2, 0) is 32.2 Å². The summed E-state index contributed by atoms with van der Waals surface area (Å²) in [4.78, 5) is 38.3. The van der Waals surface area contributed by atoms with Crippen molar-refractivity contribution in [3.8, 4) is 5.75 Å². The Bertz CT molecular complexity index is 1550. The number of amides is 1. The molecule has 3 aromatic carbocycles. The predicted molar refractivity (Wildman–Crippen MR) is 154 cm³/mol. The second-order valence-electron chi connectivity index (χ2n) is 10.1. The zero-order valence-corrected chi connectivity index (χ0v) is 23.4. The van der Waals surface area contributed by atoms with Crippen molar-refractivity contribution in [3.63, 3.8) is 0 Å². The van der Waals surface area contributed by atoms with E-state index in [4.69, 9.17) is 18.9 Å². The Hall–Kier alpha value is -5.05. The Labute approximate surface area is 238 Å². The number of rotatable bonds is 8. The topological polar surface area (TPSA) is 105 Å². The van der Waals surface area contributed by atoms with E-state index in [2.05, 4.69) is 5.32 Å². The first-order valence-corrected chi connectivity index (χ1v) is 13.0. The number of esters is 1. The molecule has 1 N–H and O–H groups in total. The highest BCUT2D eigenvalue weighted by Gasteiger charge is 2.22. The average Bonchev–Trinajstić information content (AvgIpc) is 3.32. The summed E-state index contributed by atoms with van der Waals surface area (Å²) in [5.41, 5.74) is 1.82. The molecule has 212 valence electrons. The zero-order chi connectivity index (χ0) is 29.4. The van der Waals surface area contributed by atoms with Gasteiger partial charge in [-0.3, -0.25) is 9.88 Å². The van der Waals surface area contributed by atoms with E-state index in [-0.39, 0.29) is 12.3 Å². The van der Waals surface area contributed by atoms with Crippen molar-refractivity contribution in [2.75, 3.05) is 7.11 Å². The second kappa shape index (κ2) is 12.9. The number of benzene rings is 3. The van der Waals surface area contributed by atoms with Crippen LogP contribution in [-0.4, -0.2) is 35.4 Å². The minimum Gasteiger partial charge on any atom is -0.489 e. The standard InChI is InChI=1S/C32H32N2O7/c1-32(2,3)41-31(37)34-19-24(26-16-15-25(18-28(26)34)39-20-22-11-7-5-8-12-22)17-27(29(35)38-4)33-30(36)40-21-23-13-9-6-10-14-23/h5-19H,20-21H2,1-4H3,(H,33,36). The van der Waals surface area contributed by atoms with Gasteiger partial charge < -0.3 is 18.9 Å². The van der Waals surface area contributed by atoms with Crippen LogP contribution in [0.5, 0.6) is 5.75 Å². The van der Waals surface area contributed by atoms with Crippen molar-refractivity contribution in [2.45, 2.75) is 39.6 Å². The van der Waals surface area contributed by atoms with Crippen molar-refractivity contribution in [2.24, 2.45) is 0 Å². The van der Waals surface area contributed by atoms with Gasteiger partial charge in [0.05, 0.1) is 12.6 Å². The van der Waals surface area contributed by atoms with Crippen LogP contribution in [0.1, 0.15) is 37.5 Å². The molecule has 1 aromatic heterocycles. The van der Waals surface area contributed by atoms with E-state index >= 15 is 0 Å². The third-order valence-corrected chi connectivity index (χ3v) is 5.80. The van der Waals surface area contributed by atoms with Gasteiger partial charge in [-0.15, -0.1) is 0 Å². The highest BCUT2D eigenvalue weighted by Crippen LogP contribution is 2.29. The van der Waals surface area contributed by atoms with Gasteiger partial charge in [0.1, 0.15) is 30.3 Å². The van der Waals surface area contributed by atoms with Crippen LogP contribution in [0.2, 0.25) is 0 Å². The molecule has 0 unspecified atom stereocenters. The molecule has 0 aliphatic heterocycles. The van der Waals surface area contributed by atoms with Crippen LogP contribution < -0.4 is 10.1 Å². The van der Waals surface area contributed by atoms with Gasteiger partial charge in [0, 0.05) is 23.2 Å². The molecule has 0 fully saturated rings. The fourth-order valence-electron chi connectivity index (χ4n) is 3.92. The molecule has 4 aromatic rings. The lowest BCUT2D eigenvalue weighted by Crippen LogP contribution is -2.28. The SMILES string of the molecule is COC(=O)C(=Cc1cn(C(=O)OC(C)(C)C)c2cc(OCc3ccccc3)ccc12)NC(=O)OCc1ccccc1. The lowest BCUT2D eigenvalue weighted by Gasteiger charge is -2.19. The average molecular weight is 557 g/mol. The van der Waals surface area contributed by atoms with E-state index in [1.54, 1.807) is 39.0 Å². The monoisotopic (exact) mass is 556 g/mol. The lowest BCUT2D eigenvalue weighted by atomic mass is 10.1. The summed E-state index contributed by atoms with van der Waals surface area (Å²) in [7, 11) is 1.20. The third kappa shape index (κ3) is 7.98. The molecule has 0 spiro atoms. The molecular weight excluding hydrogens is 524 g/mol. The van der Waals surface area contributed by atoms with Crippen LogP contribution in [0.25, 0.3) is 17.0 Å². The predicted octanol–water partition coefficient (Wildman–Crippen LogP) is 6.44. The summed E-state index contributed by atoms with van der Waals surface area (Å²) in [5, 5.41) is 3.07. The number of hydrogen-bond acceptors (Lipinski definition) is 7. The number of carbonyl (C=O) groups is 3. The third-order valence-electron chi connectivity index (χ3n) is 5.80. The van der Waals surface area contributed by atoms with E-state index < -0.39 is 23.8 Å². The number of nitrogens with zero attached hydrogens (tertiary/aromatic N) is 1. The Morgan fingerprint density at radius 3 is 2.12 bits per heavy atom. The normalized spacial score (nSPS) is 11.6. The van der Waals surface area contributed by atoms with Gasteiger partial charge in [-0.05, 0) is 50.1 Å². The van der Waals surface area contributed by atoms with Gasteiger partial charge >= 0.3 is 18.2 Å². The smallest absolute Gasteiger partial charge is 0.419 e. The molecule has 0 bridgehead atoms. The van der Waals surface area contributed by atoms with E-state index in [9.17, 15) is 14.4 Å². The van der Waals surface area contributed by atoms with Crippen LogP contribution in [0.15, 0.2) is 90.8 Å². The number of ether oxygens (including phenoxy) is 4. The molecule has 1 amide bonds. The Morgan fingerprint density at radius 2 is 1.51 bits per heavy atom. The van der Waals surface area contributed by atoms with Crippen LogP contribution in [0, 0.1) is 0 Å². The Morgan fingerprint density at radius 1 is 0.878 bits per heavy atom. The molecule has 1 heterocycles. The summed E-state index contributed by atoms with van der Waals surface area (Å²) >= 11 is 0. The highest BCUT2D eigenvalue weighted by atomic mass is 16.6. The molecule has 9 heteroatoms. The molecule has 0 saturated carbocycles. The number of fused-ring (bicyclic) bond motifs is 1. The first kappa shape index (κ1) is 28.9. The number of carbonyl (C=O) groups excluding carboxylic acids is 3. The maximum Gasteiger partial charge on any atom is 0.419 e. The summed E-state index contributed by atoms with van der Waals surface area (Å²) in [6.07, 6.45) is 1.50. The van der Waals surface area contributed by atoms with Gasteiger partial charge in [-0.25, -0.2) is 14.4 Å². The molecule has 0 saturated heterocycles. The van der Waals surface area contributed by atoms with Gasteiger partial charge in [0.2, 0.25) is 0 Å². The Balaban J connectivity index is 1.66. The molecule has 4 rings (SSSR count). The number of alkyl carbamates (subject to hydrolysis) is 1. The largest absolute Gasteiger partial charge is 0.489 e. The van der Waals surface area contributed by atoms with Gasteiger partial charge in [0.25, 0.3) is 0 Å². The van der Waals surface area contributed by atoms with E-state index in [0.717, 1.165) is 11.1 Å². The lowest BCUT2D eigenvalue weighted by molar-refractivity contribution is -0.136. The van der Waals surface area contributed by atoms with Crippen molar-refractivity contribution in [1.82, 2.24) is 9.88 Å². The highest BCUT2D eigenvalue weighted by molar-refractivity contribution is 6.02. The minimum absolute atomic E-state index is 0.0187. The number of nitrogens with one attached hydrogen (secondary N) is 1. The maximum absolute atomic E-state index is 13.1. The molecular formula is C32H32N2O7. The van der Waals surface area contributed by atoms with Gasteiger partial charge in [-0.1, -0.05) is 60.7 Å². The number of methoxy groups -OCH3 is 1. The number of aromatic nitrogens is 1. The fourth-order valence-corrected chi connectivity index (χ4v) is 3.92. The number of hydrogen-bond donors (Lipinski definition) is 1. The minimum atomic E-state index is -0.835. The van der Waals surface area contributed by atoms with Crippen molar-refractivity contribution in [3.05, 3.63) is 107 Å². The van der Waals surface area contributed by atoms with Crippen molar-refractivity contribution in [1.29, 1.82) is 0 Å². The van der Waals surface area contributed by atoms with Crippen LogP contribution >= 0.6 is 0 Å². The van der Waals surface area contributed by atoms with Gasteiger partial charge in [-0.2, -0.15) is 0 Å². The molecule has 0 aliphatic rings. The van der Waals surface area contributed by atoms with Crippen LogP contribution in [0.4, 0.5) is 9.59 Å². The summed E-state index contributed by atoms with van der Waals surface area (Å²) in [5.74, 6) is -0.252. The molecule has 9 nitrogen and oxygen atoms in total. The van der Waals surface area contributed by atoms with Crippen LogP contribution in [0.3, 0.4) is 0 Å². The van der Waals surface area contributed by atoms with Crippen molar-refractivity contribution < 1.29 is 33.3 Å². The summed E-state index contributed by atoms with van der Waals surface area (Å²) < 4.78 is 23.1. The second-order valence-corrected chi connectivity index (χ2v) is 10.1. The summed E-state index contributed by atoms with van der Waals surface area (Å²) in [6.45, 7) is 5.67. The molecule has 0 atom stereocenters. The molecule has 0 aliphatic carbocycles. The van der Waals surface area contributed by atoms with Gasteiger partial charge in [0.15, 0.2) is 0 Å². The zero-order valence-electron chi connectivity index (χ0n) is 23.4. The Kier molecular flexibility index (Phi) is 9.08. The maximum atomic E-state index is 13.1. The quantitative estimate of drug-likeness (QED) is 0.151. The van der Waals surface area contributed by atoms with E-state index in [1.165, 1.54) is 23.9 Å². The molecule has 41 heavy (non-hydrogen) atoms.